The van der Waals surface area contributed by atoms with Crippen molar-refractivity contribution >= 4 is 6.09 Å². The van der Waals surface area contributed by atoms with E-state index in [0.717, 1.165) is 19.4 Å². The van der Waals surface area contributed by atoms with Crippen LogP contribution < -0.4 is 0 Å². The molecule has 0 unspecified atom stereocenters. The molecule has 3 nitrogen and oxygen atoms in total. The van der Waals surface area contributed by atoms with Gasteiger partial charge in [-0.15, -0.1) is 0 Å². The smallest absolute Gasteiger partial charge is 0.410 e. The van der Waals surface area contributed by atoms with E-state index in [-0.39, 0.29) is 11.6 Å². The third kappa shape index (κ3) is 2.69. The quantitative estimate of drug-likeness (QED) is 0.739. The summed E-state index contributed by atoms with van der Waals surface area (Å²) in [6.45, 7) is 12.8. The van der Waals surface area contributed by atoms with Gasteiger partial charge in [-0.2, -0.15) is 0 Å². The second-order valence-electron chi connectivity index (χ2n) is 5.98. The molecule has 94 valence electrons. The minimum absolute atomic E-state index is 0.0666. The molecule has 0 heterocycles. The lowest BCUT2D eigenvalue weighted by molar-refractivity contribution is 0.00832. The molecule has 1 aliphatic rings. The summed E-state index contributed by atoms with van der Waals surface area (Å²) in [5.74, 6) is 0.500. The van der Waals surface area contributed by atoms with E-state index in [2.05, 4.69) is 13.8 Å². The van der Waals surface area contributed by atoms with Crippen molar-refractivity contribution in [1.29, 1.82) is 0 Å². The highest BCUT2D eigenvalue weighted by Crippen LogP contribution is 2.48. The van der Waals surface area contributed by atoms with Gasteiger partial charge in [0.25, 0.3) is 0 Å². The van der Waals surface area contributed by atoms with Gasteiger partial charge in [0.1, 0.15) is 5.60 Å². The van der Waals surface area contributed by atoms with Gasteiger partial charge in [-0.3, -0.25) is 0 Å². The fourth-order valence-corrected chi connectivity index (χ4v) is 2.23. The van der Waals surface area contributed by atoms with E-state index in [4.69, 9.17) is 4.74 Å². The molecule has 0 radical (unpaired) electrons. The minimum Gasteiger partial charge on any atom is -0.444 e. The Balaban J connectivity index is 2.72. The van der Waals surface area contributed by atoms with E-state index >= 15 is 0 Å². The number of hydrogen-bond acceptors (Lipinski definition) is 2. The van der Waals surface area contributed by atoms with Crippen LogP contribution in [0.2, 0.25) is 0 Å². The molecule has 1 aliphatic carbocycles. The molecular weight excluding hydrogens is 202 g/mol. The number of ether oxygens (including phenoxy) is 1. The van der Waals surface area contributed by atoms with Crippen LogP contribution in [0, 0.1) is 5.92 Å². The average Bonchev–Trinajstić information content (AvgIpc) is 2.83. The first-order chi connectivity index (χ1) is 7.23. The van der Waals surface area contributed by atoms with Gasteiger partial charge in [0.2, 0.25) is 0 Å². The van der Waals surface area contributed by atoms with Gasteiger partial charge in [-0.05, 0) is 46.5 Å². The Morgan fingerprint density at radius 2 is 1.88 bits per heavy atom. The van der Waals surface area contributed by atoms with Crippen molar-refractivity contribution in [2.75, 3.05) is 6.54 Å². The molecule has 1 rings (SSSR count). The second-order valence-corrected chi connectivity index (χ2v) is 5.98. The van der Waals surface area contributed by atoms with Crippen molar-refractivity contribution in [3.05, 3.63) is 0 Å². The normalized spacial score (nSPS) is 18.4. The Labute approximate surface area is 99.1 Å². The van der Waals surface area contributed by atoms with Crippen LogP contribution in [0.25, 0.3) is 0 Å². The Hall–Kier alpha value is -0.730. The first kappa shape index (κ1) is 13.3. The Bertz CT molecular complexity index is 262. The SMILES string of the molecule is CCN(C(=O)OC(C)(C)C)C1(C(C)C)CC1. The van der Waals surface area contributed by atoms with Crippen LogP contribution >= 0.6 is 0 Å². The Morgan fingerprint density at radius 1 is 1.38 bits per heavy atom. The minimum atomic E-state index is -0.405. The summed E-state index contributed by atoms with van der Waals surface area (Å²) in [4.78, 5) is 14.0. The molecule has 16 heavy (non-hydrogen) atoms. The van der Waals surface area contributed by atoms with Gasteiger partial charge < -0.3 is 9.64 Å². The molecule has 0 atom stereocenters. The first-order valence-electron chi connectivity index (χ1n) is 6.23. The molecule has 1 fully saturated rings. The molecule has 0 spiro atoms. The number of nitrogens with zero attached hydrogens (tertiary/aromatic N) is 1. The van der Waals surface area contributed by atoms with Crippen molar-refractivity contribution in [3.8, 4) is 0 Å². The third-order valence-electron chi connectivity index (χ3n) is 3.30. The lowest BCUT2D eigenvalue weighted by atomic mass is 10.0. The molecule has 0 aromatic carbocycles. The van der Waals surface area contributed by atoms with Gasteiger partial charge >= 0.3 is 6.09 Å². The van der Waals surface area contributed by atoms with Crippen molar-refractivity contribution in [2.24, 2.45) is 5.92 Å². The van der Waals surface area contributed by atoms with Crippen LogP contribution in [-0.4, -0.2) is 28.7 Å². The summed E-state index contributed by atoms with van der Waals surface area (Å²) in [7, 11) is 0. The maximum Gasteiger partial charge on any atom is 0.410 e. The predicted molar refractivity (Wildman–Crippen MR) is 65.4 cm³/mol. The monoisotopic (exact) mass is 227 g/mol. The molecule has 0 aliphatic heterocycles. The summed E-state index contributed by atoms with van der Waals surface area (Å²) in [5, 5.41) is 0. The topological polar surface area (TPSA) is 29.5 Å². The lowest BCUT2D eigenvalue weighted by Gasteiger charge is -2.35. The van der Waals surface area contributed by atoms with Crippen molar-refractivity contribution in [2.45, 2.75) is 65.5 Å². The lowest BCUT2D eigenvalue weighted by Crippen LogP contribution is -2.47. The number of amides is 1. The van der Waals surface area contributed by atoms with Crippen LogP contribution in [0.4, 0.5) is 4.79 Å². The molecule has 0 aromatic heterocycles. The largest absolute Gasteiger partial charge is 0.444 e. The highest BCUT2D eigenvalue weighted by atomic mass is 16.6. The zero-order valence-corrected chi connectivity index (χ0v) is 11.5. The Kier molecular flexibility index (Phi) is 3.56. The molecule has 1 amide bonds. The van der Waals surface area contributed by atoms with E-state index in [0.29, 0.717) is 5.92 Å². The number of carbonyl (C=O) groups is 1. The number of hydrogen-bond donors (Lipinski definition) is 0. The van der Waals surface area contributed by atoms with Gasteiger partial charge in [0.05, 0.1) is 0 Å². The van der Waals surface area contributed by atoms with Crippen LogP contribution in [0.15, 0.2) is 0 Å². The second kappa shape index (κ2) is 4.27. The van der Waals surface area contributed by atoms with Crippen LogP contribution in [-0.2, 0) is 4.74 Å². The molecule has 0 N–H and O–H groups in total. The van der Waals surface area contributed by atoms with Crippen molar-refractivity contribution in [1.82, 2.24) is 4.90 Å². The average molecular weight is 227 g/mol. The summed E-state index contributed by atoms with van der Waals surface area (Å²) in [5.41, 5.74) is -0.339. The van der Waals surface area contributed by atoms with E-state index in [1.807, 2.05) is 32.6 Å². The van der Waals surface area contributed by atoms with Gasteiger partial charge in [0.15, 0.2) is 0 Å². The van der Waals surface area contributed by atoms with Crippen LogP contribution in [0.1, 0.15) is 54.4 Å². The maximum absolute atomic E-state index is 12.1. The van der Waals surface area contributed by atoms with Crippen LogP contribution in [0.5, 0.6) is 0 Å². The number of carbonyl (C=O) groups excluding carboxylic acids is 1. The molecule has 0 aromatic rings. The zero-order valence-electron chi connectivity index (χ0n) is 11.5. The number of rotatable bonds is 3. The third-order valence-corrected chi connectivity index (χ3v) is 3.30. The molecular formula is C13H25NO2. The van der Waals surface area contributed by atoms with E-state index in [9.17, 15) is 4.79 Å². The Morgan fingerprint density at radius 3 is 2.12 bits per heavy atom. The summed E-state index contributed by atoms with van der Waals surface area (Å²) in [6.07, 6.45) is 2.05. The highest BCUT2D eigenvalue weighted by molar-refractivity contribution is 5.70. The molecule has 3 heteroatoms. The van der Waals surface area contributed by atoms with E-state index in [1.54, 1.807) is 0 Å². The van der Waals surface area contributed by atoms with Gasteiger partial charge in [-0.25, -0.2) is 4.79 Å². The fourth-order valence-electron chi connectivity index (χ4n) is 2.23. The highest BCUT2D eigenvalue weighted by Gasteiger charge is 2.52. The van der Waals surface area contributed by atoms with Gasteiger partial charge in [0, 0.05) is 12.1 Å². The van der Waals surface area contributed by atoms with E-state index in [1.165, 1.54) is 0 Å². The summed E-state index contributed by atoms with van der Waals surface area (Å²) >= 11 is 0. The molecule has 1 saturated carbocycles. The van der Waals surface area contributed by atoms with E-state index < -0.39 is 5.60 Å². The standard InChI is InChI=1S/C13H25NO2/c1-7-14(11(15)16-12(4,5)6)13(8-9-13)10(2)3/h10H,7-9H2,1-6H3. The first-order valence-corrected chi connectivity index (χ1v) is 6.23. The zero-order chi connectivity index (χ0) is 12.6. The predicted octanol–water partition coefficient (Wildman–Crippen LogP) is 3.43. The summed E-state index contributed by atoms with van der Waals surface area (Å²) in [6, 6.07) is 0. The van der Waals surface area contributed by atoms with Crippen molar-refractivity contribution in [3.63, 3.8) is 0 Å². The summed E-state index contributed by atoms with van der Waals surface area (Å²) < 4.78 is 5.45. The maximum atomic E-state index is 12.1. The molecule has 0 saturated heterocycles. The van der Waals surface area contributed by atoms with Crippen molar-refractivity contribution < 1.29 is 9.53 Å². The molecule has 0 bridgehead atoms. The van der Waals surface area contributed by atoms with Gasteiger partial charge in [-0.1, -0.05) is 13.8 Å². The fraction of sp³-hybridized carbons (Fsp3) is 0.923. The van der Waals surface area contributed by atoms with Crippen LogP contribution in [0.3, 0.4) is 0 Å².